The topological polar surface area (TPSA) is 24.9 Å². The van der Waals surface area contributed by atoms with Crippen molar-refractivity contribution in [1.29, 1.82) is 0 Å². The van der Waals surface area contributed by atoms with Crippen molar-refractivity contribution in [3.8, 4) is 0 Å². The molecule has 0 bridgehead atoms. The Morgan fingerprint density at radius 3 is 3.00 bits per heavy atom. The van der Waals surface area contributed by atoms with Gasteiger partial charge in [0.05, 0.1) is 0 Å². The molecule has 1 heterocycles. The fourth-order valence-corrected chi connectivity index (χ4v) is 3.17. The summed E-state index contributed by atoms with van der Waals surface area (Å²) in [6, 6.07) is 0. The van der Waals surface area contributed by atoms with E-state index in [2.05, 4.69) is 24.1 Å². The van der Waals surface area contributed by atoms with Gasteiger partial charge in [-0.05, 0) is 25.1 Å². The first-order chi connectivity index (χ1) is 7.86. The highest BCUT2D eigenvalue weighted by atomic mass is 32.2. The number of thioether (sulfide) groups is 1. The summed E-state index contributed by atoms with van der Waals surface area (Å²) >= 11 is 3.83. The molecular weight excluding hydrogens is 236 g/mol. The summed E-state index contributed by atoms with van der Waals surface area (Å²) in [5, 5.41) is 4.72. The van der Waals surface area contributed by atoms with Crippen LogP contribution in [0, 0.1) is 0 Å². The Morgan fingerprint density at radius 1 is 1.38 bits per heavy atom. The zero-order valence-electron chi connectivity index (χ0n) is 10.3. The van der Waals surface area contributed by atoms with E-state index >= 15 is 0 Å². The summed E-state index contributed by atoms with van der Waals surface area (Å²) in [4.78, 5) is 5.81. The van der Waals surface area contributed by atoms with Crippen LogP contribution in [-0.2, 0) is 12.3 Å². The molecule has 92 valence electrons. The molecule has 4 heteroatoms. The van der Waals surface area contributed by atoms with Gasteiger partial charge in [-0.1, -0.05) is 20.3 Å². The highest BCUT2D eigenvalue weighted by molar-refractivity contribution is 7.98. The van der Waals surface area contributed by atoms with E-state index in [0.717, 1.165) is 18.8 Å². The molecule has 2 nitrogen and oxygen atoms in total. The zero-order chi connectivity index (χ0) is 11.6. The maximum atomic E-state index is 4.44. The summed E-state index contributed by atoms with van der Waals surface area (Å²) in [5.41, 5.74) is 0. The van der Waals surface area contributed by atoms with Crippen LogP contribution in [0.25, 0.3) is 0 Å². The van der Waals surface area contributed by atoms with Gasteiger partial charge in [0.1, 0.15) is 5.01 Å². The molecule has 0 atom stereocenters. The third kappa shape index (κ3) is 5.87. The average molecular weight is 258 g/mol. The molecule has 0 fully saturated rings. The lowest BCUT2D eigenvalue weighted by Crippen LogP contribution is -2.13. The fourth-order valence-electron chi connectivity index (χ4n) is 1.31. The van der Waals surface area contributed by atoms with Crippen LogP contribution in [0.3, 0.4) is 0 Å². The Kier molecular flexibility index (Phi) is 7.89. The predicted octanol–water partition coefficient (Wildman–Crippen LogP) is 3.68. The van der Waals surface area contributed by atoms with Crippen LogP contribution in [0.1, 0.15) is 43.0 Å². The maximum absolute atomic E-state index is 4.44. The minimum atomic E-state index is 0.982. The van der Waals surface area contributed by atoms with E-state index in [1.165, 1.54) is 34.9 Å². The van der Waals surface area contributed by atoms with E-state index in [4.69, 9.17) is 0 Å². The van der Waals surface area contributed by atoms with Gasteiger partial charge in [0.25, 0.3) is 0 Å². The molecule has 0 unspecified atom stereocenters. The van der Waals surface area contributed by atoms with Crippen molar-refractivity contribution in [1.82, 2.24) is 10.3 Å². The van der Waals surface area contributed by atoms with Gasteiger partial charge in [-0.3, -0.25) is 0 Å². The lowest BCUT2D eigenvalue weighted by molar-refractivity contribution is 0.645. The average Bonchev–Trinajstić information content (AvgIpc) is 2.73. The van der Waals surface area contributed by atoms with E-state index in [1.807, 2.05) is 29.3 Å². The summed E-state index contributed by atoms with van der Waals surface area (Å²) in [5.74, 6) is 2.32. The molecule has 0 aromatic carbocycles. The van der Waals surface area contributed by atoms with Gasteiger partial charge in [0.2, 0.25) is 0 Å². The van der Waals surface area contributed by atoms with Crippen LogP contribution in [-0.4, -0.2) is 17.3 Å². The number of unbranched alkanes of at least 4 members (excludes halogenated alkanes) is 1. The van der Waals surface area contributed by atoms with Gasteiger partial charge in [-0.25, -0.2) is 4.98 Å². The Labute approximate surface area is 107 Å². The van der Waals surface area contributed by atoms with Gasteiger partial charge in [-0.15, -0.1) is 11.3 Å². The molecule has 0 spiro atoms. The molecule has 0 aliphatic heterocycles. The SMILES string of the molecule is CCCCNCc1cnc(CSCCC)s1. The number of thiazole rings is 1. The summed E-state index contributed by atoms with van der Waals surface area (Å²) < 4.78 is 0. The number of hydrogen-bond acceptors (Lipinski definition) is 4. The predicted molar refractivity (Wildman–Crippen MR) is 75.2 cm³/mol. The highest BCUT2D eigenvalue weighted by Crippen LogP contribution is 2.18. The lowest BCUT2D eigenvalue weighted by atomic mass is 10.3. The largest absolute Gasteiger partial charge is 0.312 e. The van der Waals surface area contributed by atoms with E-state index in [0.29, 0.717) is 0 Å². The molecule has 16 heavy (non-hydrogen) atoms. The Bertz CT molecular complexity index is 274. The highest BCUT2D eigenvalue weighted by Gasteiger charge is 2.01. The fraction of sp³-hybridized carbons (Fsp3) is 0.750. The molecule has 1 aromatic heterocycles. The minimum Gasteiger partial charge on any atom is -0.312 e. The molecule has 1 N–H and O–H groups in total. The van der Waals surface area contributed by atoms with Crippen molar-refractivity contribution in [2.75, 3.05) is 12.3 Å². The van der Waals surface area contributed by atoms with Gasteiger partial charge >= 0.3 is 0 Å². The van der Waals surface area contributed by atoms with Crippen molar-refractivity contribution >= 4 is 23.1 Å². The molecule has 0 saturated heterocycles. The smallest absolute Gasteiger partial charge is 0.103 e. The molecule has 0 aliphatic rings. The van der Waals surface area contributed by atoms with Crippen LogP contribution < -0.4 is 5.32 Å². The maximum Gasteiger partial charge on any atom is 0.103 e. The number of nitrogens with zero attached hydrogens (tertiary/aromatic N) is 1. The van der Waals surface area contributed by atoms with E-state index in [-0.39, 0.29) is 0 Å². The standard InChI is InChI=1S/C12H22N2S2/c1-3-5-6-13-8-11-9-14-12(16-11)10-15-7-4-2/h9,13H,3-8,10H2,1-2H3. The third-order valence-electron chi connectivity index (χ3n) is 2.18. The van der Waals surface area contributed by atoms with E-state index in [9.17, 15) is 0 Å². The molecular formula is C12H22N2S2. The zero-order valence-corrected chi connectivity index (χ0v) is 11.9. The molecule has 1 aromatic rings. The Morgan fingerprint density at radius 2 is 2.25 bits per heavy atom. The van der Waals surface area contributed by atoms with Crippen molar-refractivity contribution in [3.63, 3.8) is 0 Å². The quantitative estimate of drug-likeness (QED) is 0.684. The first kappa shape index (κ1) is 14.0. The number of rotatable bonds is 9. The number of hydrogen-bond donors (Lipinski definition) is 1. The summed E-state index contributed by atoms with van der Waals surface area (Å²) in [6.07, 6.45) is 5.79. The van der Waals surface area contributed by atoms with Crippen molar-refractivity contribution in [2.24, 2.45) is 0 Å². The molecule has 0 aliphatic carbocycles. The lowest BCUT2D eigenvalue weighted by Gasteiger charge is -1.99. The van der Waals surface area contributed by atoms with Crippen LogP contribution >= 0.6 is 23.1 Å². The Balaban J connectivity index is 2.17. The van der Waals surface area contributed by atoms with E-state index < -0.39 is 0 Å². The first-order valence-electron chi connectivity index (χ1n) is 6.08. The van der Waals surface area contributed by atoms with Crippen molar-refractivity contribution in [2.45, 2.75) is 45.4 Å². The van der Waals surface area contributed by atoms with Gasteiger partial charge in [-0.2, -0.15) is 11.8 Å². The summed E-state index contributed by atoms with van der Waals surface area (Å²) in [7, 11) is 0. The van der Waals surface area contributed by atoms with Gasteiger partial charge < -0.3 is 5.32 Å². The third-order valence-corrected chi connectivity index (χ3v) is 4.54. The molecule has 0 amide bonds. The van der Waals surface area contributed by atoms with Crippen LogP contribution in [0.2, 0.25) is 0 Å². The van der Waals surface area contributed by atoms with Gasteiger partial charge in [0.15, 0.2) is 0 Å². The van der Waals surface area contributed by atoms with Gasteiger partial charge in [0, 0.05) is 23.4 Å². The van der Waals surface area contributed by atoms with E-state index in [1.54, 1.807) is 0 Å². The molecule has 0 saturated carbocycles. The van der Waals surface area contributed by atoms with Crippen molar-refractivity contribution < 1.29 is 0 Å². The second-order valence-electron chi connectivity index (χ2n) is 3.80. The number of aromatic nitrogens is 1. The van der Waals surface area contributed by atoms with Crippen LogP contribution in [0.5, 0.6) is 0 Å². The second-order valence-corrected chi connectivity index (χ2v) is 6.11. The van der Waals surface area contributed by atoms with Crippen LogP contribution in [0.15, 0.2) is 6.20 Å². The van der Waals surface area contributed by atoms with Crippen molar-refractivity contribution in [3.05, 3.63) is 16.1 Å². The monoisotopic (exact) mass is 258 g/mol. The molecule has 1 rings (SSSR count). The summed E-state index contributed by atoms with van der Waals surface area (Å²) in [6.45, 7) is 6.54. The molecule has 0 radical (unpaired) electrons. The second kappa shape index (κ2) is 9.02. The Hall–Kier alpha value is -0.0600. The minimum absolute atomic E-state index is 0.982. The number of nitrogens with one attached hydrogen (secondary N) is 1. The normalized spacial score (nSPS) is 10.9. The van der Waals surface area contributed by atoms with Crippen LogP contribution in [0.4, 0.5) is 0 Å². The first-order valence-corrected chi connectivity index (χ1v) is 8.06.